The molecule has 0 fully saturated rings. The highest BCUT2D eigenvalue weighted by molar-refractivity contribution is 7.90. The van der Waals surface area contributed by atoms with Crippen molar-refractivity contribution < 1.29 is 13.2 Å². The number of aryl methyl sites for hydroxylation is 2. The first-order valence-corrected chi connectivity index (χ1v) is 14.3. The van der Waals surface area contributed by atoms with Crippen LogP contribution in [0.15, 0.2) is 53.6 Å². The molecule has 0 aliphatic heterocycles. The van der Waals surface area contributed by atoms with Gasteiger partial charge < -0.3 is 4.74 Å². The van der Waals surface area contributed by atoms with Gasteiger partial charge in [0, 0.05) is 18.3 Å². The molecule has 0 unspecified atom stereocenters. The van der Waals surface area contributed by atoms with Crippen molar-refractivity contribution in [2.45, 2.75) is 65.4 Å². The summed E-state index contributed by atoms with van der Waals surface area (Å²) >= 11 is 0. The summed E-state index contributed by atoms with van der Waals surface area (Å²) in [5, 5.41) is 13.9. The Bertz CT molecular complexity index is 1760. The van der Waals surface area contributed by atoms with E-state index in [9.17, 15) is 8.42 Å². The van der Waals surface area contributed by atoms with Crippen LogP contribution < -0.4 is 4.74 Å². The van der Waals surface area contributed by atoms with Gasteiger partial charge in [0.25, 0.3) is 10.0 Å². The molecule has 202 valence electrons. The van der Waals surface area contributed by atoms with Crippen LogP contribution in [-0.2, 0) is 23.1 Å². The first kappa shape index (κ1) is 26.6. The van der Waals surface area contributed by atoms with Crippen LogP contribution >= 0.6 is 0 Å². The Hall–Kier alpha value is -4.05. The van der Waals surface area contributed by atoms with E-state index in [0.29, 0.717) is 23.3 Å². The van der Waals surface area contributed by atoms with Gasteiger partial charge in [-0.2, -0.15) is 5.21 Å². The molecule has 0 atom stereocenters. The Labute approximate surface area is 228 Å². The highest BCUT2D eigenvalue weighted by Crippen LogP contribution is 2.32. The van der Waals surface area contributed by atoms with E-state index in [1.165, 1.54) is 9.54 Å². The van der Waals surface area contributed by atoms with Crippen molar-refractivity contribution in [3.63, 3.8) is 0 Å². The summed E-state index contributed by atoms with van der Waals surface area (Å²) in [5.41, 5.74) is 8.51. The second-order valence-corrected chi connectivity index (χ2v) is 12.1. The minimum Gasteiger partial charge on any atom is -0.485 e. The lowest BCUT2D eigenvalue weighted by Gasteiger charge is -2.17. The summed E-state index contributed by atoms with van der Waals surface area (Å²) in [4.78, 5) is 5.25. The minimum atomic E-state index is -3.76. The third kappa shape index (κ3) is 5.04. The van der Waals surface area contributed by atoms with Gasteiger partial charge in [-0.3, -0.25) is 4.98 Å². The van der Waals surface area contributed by atoms with Crippen molar-refractivity contribution in [1.29, 1.82) is 0 Å². The van der Waals surface area contributed by atoms with E-state index < -0.39 is 10.0 Å². The molecule has 0 saturated carbocycles. The Balaban J connectivity index is 1.51. The first-order valence-electron chi connectivity index (χ1n) is 12.8. The molecule has 9 nitrogen and oxygen atoms in total. The topological polar surface area (TPSA) is 116 Å². The van der Waals surface area contributed by atoms with Crippen LogP contribution in [0.5, 0.6) is 5.75 Å². The summed E-state index contributed by atoms with van der Waals surface area (Å²) in [6, 6.07) is 12.7. The number of hydrogen-bond acceptors (Lipinski definition) is 7. The molecule has 0 amide bonds. The predicted molar refractivity (Wildman–Crippen MR) is 150 cm³/mol. The maximum Gasteiger partial charge on any atom is 0.268 e. The Morgan fingerprint density at radius 2 is 1.74 bits per heavy atom. The molecule has 0 aliphatic rings. The van der Waals surface area contributed by atoms with Gasteiger partial charge in [-0.05, 0) is 91.8 Å². The van der Waals surface area contributed by atoms with Crippen molar-refractivity contribution >= 4 is 21.1 Å². The van der Waals surface area contributed by atoms with Crippen molar-refractivity contribution in [3.05, 3.63) is 93.6 Å². The average molecular weight is 545 g/mol. The Kier molecular flexibility index (Phi) is 6.98. The van der Waals surface area contributed by atoms with E-state index >= 15 is 0 Å². The molecular weight excluding hydrogens is 512 g/mol. The normalized spacial score (nSPS) is 12.0. The molecule has 1 N–H and O–H groups in total. The third-order valence-electron chi connectivity index (χ3n) is 7.21. The van der Waals surface area contributed by atoms with Crippen LogP contribution in [0.1, 0.15) is 64.7 Å². The number of tetrazole rings is 1. The number of aromatic amines is 1. The standard InChI is InChI=1S/C29H32N6O3S/c1-17(2)25-15-35(39(36,37)23-10-7-18(3)8-11-23)26-12-9-22(30-29(25)26)14-24-19(4)13-27(21(6)20(24)5)38-16-28-31-33-34-32-28/h7-13,15,17H,14,16H2,1-6H3,(H,31,32,33,34). The molecule has 0 bridgehead atoms. The van der Waals surface area contributed by atoms with E-state index in [2.05, 4.69) is 48.3 Å². The van der Waals surface area contributed by atoms with Crippen molar-refractivity contribution in [3.8, 4) is 5.75 Å². The summed E-state index contributed by atoms with van der Waals surface area (Å²) in [7, 11) is -3.76. The van der Waals surface area contributed by atoms with E-state index in [4.69, 9.17) is 9.72 Å². The molecule has 5 aromatic rings. The Morgan fingerprint density at radius 3 is 2.41 bits per heavy atom. The van der Waals surface area contributed by atoms with Gasteiger partial charge in [-0.1, -0.05) is 36.8 Å². The van der Waals surface area contributed by atoms with Gasteiger partial charge in [-0.15, -0.1) is 10.2 Å². The number of nitrogens with one attached hydrogen (secondary N) is 1. The smallest absolute Gasteiger partial charge is 0.268 e. The van der Waals surface area contributed by atoms with Gasteiger partial charge in [0.05, 0.1) is 15.9 Å². The fourth-order valence-electron chi connectivity index (χ4n) is 4.77. The summed E-state index contributed by atoms with van der Waals surface area (Å²) in [5.74, 6) is 1.37. The van der Waals surface area contributed by atoms with Gasteiger partial charge in [0.1, 0.15) is 5.75 Å². The van der Waals surface area contributed by atoms with Gasteiger partial charge in [-0.25, -0.2) is 12.4 Å². The summed E-state index contributed by atoms with van der Waals surface area (Å²) in [6.07, 6.45) is 2.34. The van der Waals surface area contributed by atoms with Crippen molar-refractivity contribution in [2.75, 3.05) is 0 Å². The van der Waals surface area contributed by atoms with E-state index in [0.717, 1.165) is 39.3 Å². The quantitative estimate of drug-likeness (QED) is 0.281. The van der Waals surface area contributed by atoms with Crippen LogP contribution in [0.25, 0.3) is 11.0 Å². The van der Waals surface area contributed by atoms with Crippen molar-refractivity contribution in [1.82, 2.24) is 29.6 Å². The molecule has 5 rings (SSSR count). The number of aromatic nitrogens is 6. The van der Waals surface area contributed by atoms with E-state index in [-0.39, 0.29) is 17.4 Å². The number of nitrogens with zero attached hydrogens (tertiary/aromatic N) is 5. The van der Waals surface area contributed by atoms with Crippen LogP contribution in [0, 0.1) is 27.7 Å². The number of hydrogen-bond donors (Lipinski definition) is 1. The lowest BCUT2D eigenvalue weighted by atomic mass is 9.94. The van der Waals surface area contributed by atoms with E-state index in [1.54, 1.807) is 18.3 Å². The second kappa shape index (κ2) is 10.3. The molecule has 0 radical (unpaired) electrons. The highest BCUT2D eigenvalue weighted by atomic mass is 32.2. The van der Waals surface area contributed by atoms with Gasteiger partial charge in [0.2, 0.25) is 5.82 Å². The van der Waals surface area contributed by atoms with Crippen molar-refractivity contribution in [2.24, 2.45) is 0 Å². The number of fused-ring (bicyclic) bond motifs is 1. The SMILES string of the molecule is Cc1ccc(S(=O)(=O)n2cc(C(C)C)c3nc(Cc4c(C)cc(OCc5nn[nH]n5)c(C)c4C)ccc32)cc1. The molecule has 0 spiro atoms. The molecular formula is C29H32N6O3S. The van der Waals surface area contributed by atoms with Crippen LogP contribution in [0.4, 0.5) is 0 Å². The van der Waals surface area contributed by atoms with Crippen LogP contribution in [-0.4, -0.2) is 38.0 Å². The lowest BCUT2D eigenvalue weighted by molar-refractivity contribution is 0.293. The minimum absolute atomic E-state index is 0.103. The molecule has 0 aliphatic carbocycles. The molecule has 2 aromatic carbocycles. The fraction of sp³-hybridized carbons (Fsp3) is 0.310. The number of pyridine rings is 1. The number of benzene rings is 2. The zero-order valence-electron chi connectivity index (χ0n) is 23.0. The van der Waals surface area contributed by atoms with Gasteiger partial charge in [0.15, 0.2) is 6.61 Å². The second-order valence-electron chi connectivity index (χ2n) is 10.2. The first-order chi connectivity index (χ1) is 18.6. The zero-order chi connectivity index (χ0) is 27.9. The largest absolute Gasteiger partial charge is 0.485 e. The molecule has 3 heterocycles. The molecule has 0 saturated heterocycles. The maximum absolute atomic E-state index is 13.6. The number of H-pyrrole nitrogens is 1. The third-order valence-corrected chi connectivity index (χ3v) is 8.90. The zero-order valence-corrected chi connectivity index (χ0v) is 23.8. The molecule has 10 heteroatoms. The van der Waals surface area contributed by atoms with Crippen LogP contribution in [0.3, 0.4) is 0 Å². The average Bonchev–Trinajstić information content (AvgIpc) is 3.56. The highest BCUT2D eigenvalue weighted by Gasteiger charge is 2.23. The van der Waals surface area contributed by atoms with Crippen LogP contribution in [0.2, 0.25) is 0 Å². The lowest BCUT2D eigenvalue weighted by Crippen LogP contribution is -2.12. The monoisotopic (exact) mass is 544 g/mol. The van der Waals surface area contributed by atoms with E-state index in [1.807, 2.05) is 44.2 Å². The summed E-state index contributed by atoms with van der Waals surface area (Å²) < 4.78 is 34.5. The van der Waals surface area contributed by atoms with Gasteiger partial charge >= 0.3 is 0 Å². The molecule has 3 aromatic heterocycles. The predicted octanol–water partition coefficient (Wildman–Crippen LogP) is 5.31. The molecule has 39 heavy (non-hydrogen) atoms. The maximum atomic E-state index is 13.6. The number of rotatable bonds is 8. The number of ether oxygens (including phenoxy) is 1. The summed E-state index contributed by atoms with van der Waals surface area (Å²) in [6.45, 7) is 12.5. The fourth-order valence-corrected chi connectivity index (χ4v) is 6.14. The Morgan fingerprint density at radius 1 is 1.00 bits per heavy atom.